The van der Waals surface area contributed by atoms with E-state index in [-0.39, 0.29) is 11.6 Å². The number of aromatic carboxylic acids is 1. The van der Waals surface area contributed by atoms with Gasteiger partial charge >= 0.3 is 5.97 Å². The van der Waals surface area contributed by atoms with E-state index in [4.69, 9.17) is 5.10 Å². The van der Waals surface area contributed by atoms with Gasteiger partial charge < -0.3 is 15.1 Å². The minimum absolute atomic E-state index is 0.166. The molecule has 1 aliphatic carbocycles. The van der Waals surface area contributed by atoms with Gasteiger partial charge in [-0.3, -0.25) is 0 Å². The lowest BCUT2D eigenvalue weighted by Gasteiger charge is -2.28. The molecule has 1 aromatic carbocycles. The second-order valence-corrected chi connectivity index (χ2v) is 8.32. The quantitative estimate of drug-likeness (QED) is 0.645. The van der Waals surface area contributed by atoms with Crippen molar-refractivity contribution < 1.29 is 23.8 Å². The summed E-state index contributed by atoms with van der Waals surface area (Å²) < 4.78 is 30.2. The van der Waals surface area contributed by atoms with Crippen molar-refractivity contribution in [3.63, 3.8) is 0 Å². The van der Waals surface area contributed by atoms with Crippen LogP contribution in [0.3, 0.4) is 0 Å². The van der Waals surface area contributed by atoms with Gasteiger partial charge in [0.2, 0.25) is 0 Å². The second kappa shape index (κ2) is 7.26. The fraction of sp³-hybridized carbons (Fsp3) is 0.409. The third kappa shape index (κ3) is 3.33. The van der Waals surface area contributed by atoms with E-state index >= 15 is 0 Å². The molecule has 31 heavy (non-hydrogen) atoms. The first-order valence-corrected chi connectivity index (χ1v) is 10.4. The third-order valence-corrected chi connectivity index (χ3v) is 6.25. The number of hydrogen-bond acceptors (Lipinski definition) is 5. The average Bonchev–Trinajstić information content (AvgIpc) is 3.24. The number of aliphatic hydroxyl groups is 1. The number of halogens is 2. The van der Waals surface area contributed by atoms with Crippen LogP contribution in [0.4, 0.5) is 14.5 Å². The molecule has 162 valence electrons. The topological polar surface area (TPSA) is 91.5 Å². The summed E-state index contributed by atoms with van der Waals surface area (Å²) in [4.78, 5) is 17.6. The fourth-order valence-electron chi connectivity index (χ4n) is 4.52. The number of pyridine rings is 1. The van der Waals surface area contributed by atoms with Crippen molar-refractivity contribution >= 4 is 22.7 Å². The van der Waals surface area contributed by atoms with Gasteiger partial charge in [-0.2, -0.15) is 5.10 Å². The second-order valence-electron chi connectivity index (χ2n) is 8.32. The molecule has 0 bridgehead atoms. The predicted octanol–water partition coefficient (Wildman–Crippen LogP) is 3.59. The fourth-order valence-corrected chi connectivity index (χ4v) is 4.52. The summed E-state index contributed by atoms with van der Waals surface area (Å²) >= 11 is 0. The Kier molecular flexibility index (Phi) is 4.65. The summed E-state index contributed by atoms with van der Waals surface area (Å²) in [6, 6.07) is 9.76. The highest BCUT2D eigenvalue weighted by molar-refractivity contribution is 5.98. The average molecular weight is 428 g/mol. The summed E-state index contributed by atoms with van der Waals surface area (Å²) in [5.41, 5.74) is 1.89. The van der Waals surface area contributed by atoms with Crippen molar-refractivity contribution in [2.75, 3.05) is 18.1 Å². The predicted molar refractivity (Wildman–Crippen MR) is 110 cm³/mol. The van der Waals surface area contributed by atoms with E-state index < -0.39 is 37.5 Å². The number of para-hydroxylation sites is 1. The first-order chi connectivity index (χ1) is 14.9. The summed E-state index contributed by atoms with van der Waals surface area (Å²) in [5.74, 6) is -4.06. The zero-order valence-corrected chi connectivity index (χ0v) is 16.7. The van der Waals surface area contributed by atoms with E-state index in [9.17, 15) is 23.8 Å². The molecule has 0 unspecified atom stereocenters. The molecule has 3 heterocycles. The van der Waals surface area contributed by atoms with Crippen molar-refractivity contribution in [1.29, 1.82) is 0 Å². The molecule has 3 aromatic rings. The number of alkyl halides is 2. The van der Waals surface area contributed by atoms with Crippen molar-refractivity contribution in [2.24, 2.45) is 0 Å². The maximum Gasteiger partial charge on any atom is 0.354 e. The Balaban J connectivity index is 1.80. The van der Waals surface area contributed by atoms with Crippen LogP contribution in [0.15, 0.2) is 36.4 Å². The monoisotopic (exact) mass is 428 g/mol. The Morgan fingerprint density at radius 2 is 1.97 bits per heavy atom. The van der Waals surface area contributed by atoms with Gasteiger partial charge in [0, 0.05) is 12.3 Å². The molecule has 0 radical (unpaired) electrons. The molecular formula is C22H22F2N4O3. The Bertz CT molecular complexity index is 1140. The normalized spacial score (nSPS) is 20.9. The van der Waals surface area contributed by atoms with Gasteiger partial charge in [0.25, 0.3) is 5.92 Å². The highest BCUT2D eigenvalue weighted by Gasteiger charge is 2.46. The van der Waals surface area contributed by atoms with Crippen LogP contribution in [0, 0.1) is 0 Å². The van der Waals surface area contributed by atoms with Crippen LogP contribution < -0.4 is 4.90 Å². The van der Waals surface area contributed by atoms with Crippen molar-refractivity contribution in [3.8, 4) is 5.69 Å². The lowest BCUT2D eigenvalue weighted by atomic mass is 9.82. The Hall–Kier alpha value is -3.07. The molecule has 9 heteroatoms. The number of carboxylic acids is 1. The van der Waals surface area contributed by atoms with Gasteiger partial charge in [-0.1, -0.05) is 24.6 Å². The molecule has 7 nitrogen and oxygen atoms in total. The molecule has 2 N–H and O–H groups in total. The lowest BCUT2D eigenvalue weighted by Crippen LogP contribution is -2.33. The van der Waals surface area contributed by atoms with Crippen LogP contribution in [0.2, 0.25) is 0 Å². The Labute approximate surface area is 176 Å². The first kappa shape index (κ1) is 19.9. The molecule has 2 fully saturated rings. The number of rotatable bonds is 5. The number of carboxylic acid groups (broad SMARTS) is 1. The molecule has 5 rings (SSSR count). The van der Waals surface area contributed by atoms with Gasteiger partial charge in [-0.15, -0.1) is 0 Å². The molecule has 2 aromatic heterocycles. The maximum atomic E-state index is 14.3. The van der Waals surface area contributed by atoms with Gasteiger partial charge in [0.05, 0.1) is 41.6 Å². The van der Waals surface area contributed by atoms with E-state index in [1.807, 2.05) is 30.3 Å². The number of hydrogen-bond donors (Lipinski definition) is 2. The molecular weight excluding hydrogens is 406 g/mol. The van der Waals surface area contributed by atoms with Crippen LogP contribution in [0.5, 0.6) is 0 Å². The lowest BCUT2D eigenvalue weighted by molar-refractivity contribution is 0.0201. The van der Waals surface area contributed by atoms with Crippen molar-refractivity contribution in [2.45, 2.75) is 43.6 Å². The van der Waals surface area contributed by atoms with E-state index in [1.165, 1.54) is 11.0 Å². The molecule has 2 aliphatic rings. The largest absolute Gasteiger partial charge is 0.477 e. The summed E-state index contributed by atoms with van der Waals surface area (Å²) in [7, 11) is 0. The van der Waals surface area contributed by atoms with E-state index in [0.717, 1.165) is 25.0 Å². The Morgan fingerprint density at radius 1 is 1.23 bits per heavy atom. The van der Waals surface area contributed by atoms with Gasteiger partial charge in [0.1, 0.15) is 0 Å². The Morgan fingerprint density at radius 3 is 2.58 bits per heavy atom. The molecule has 1 saturated heterocycles. The van der Waals surface area contributed by atoms with Crippen LogP contribution in [-0.2, 0) is 0 Å². The molecule has 1 aliphatic heterocycles. The standard InChI is InChI=1S/C22H22F2N4O3/c23-22(24)10-15(11-29)27(12-22)17-9-16(21(30)31)25-20-18(17)19(13-5-4-6-13)26-28(20)14-7-2-1-3-8-14/h1-3,7-9,13,15,29H,4-6,10-12H2,(H,30,31)/t15-/m1/s1. The van der Waals surface area contributed by atoms with Crippen LogP contribution in [0.1, 0.15) is 47.8 Å². The third-order valence-electron chi connectivity index (χ3n) is 6.25. The highest BCUT2D eigenvalue weighted by atomic mass is 19.3. The smallest absolute Gasteiger partial charge is 0.354 e. The number of anilines is 1. The number of nitrogens with zero attached hydrogens (tertiary/aromatic N) is 4. The highest BCUT2D eigenvalue weighted by Crippen LogP contribution is 2.45. The van der Waals surface area contributed by atoms with Gasteiger partial charge in [-0.25, -0.2) is 23.2 Å². The zero-order valence-electron chi connectivity index (χ0n) is 16.7. The first-order valence-electron chi connectivity index (χ1n) is 10.4. The van der Waals surface area contributed by atoms with Gasteiger partial charge in [0.15, 0.2) is 11.3 Å². The maximum absolute atomic E-state index is 14.3. The van der Waals surface area contributed by atoms with E-state index in [1.54, 1.807) is 4.68 Å². The number of benzene rings is 1. The van der Waals surface area contributed by atoms with Crippen LogP contribution >= 0.6 is 0 Å². The number of fused-ring (bicyclic) bond motifs is 1. The van der Waals surface area contributed by atoms with Crippen LogP contribution in [0.25, 0.3) is 16.7 Å². The number of aromatic nitrogens is 3. The van der Waals surface area contributed by atoms with Crippen LogP contribution in [-0.4, -0.2) is 56.1 Å². The molecule has 1 saturated carbocycles. The van der Waals surface area contributed by atoms with E-state index in [0.29, 0.717) is 22.4 Å². The molecule has 0 spiro atoms. The van der Waals surface area contributed by atoms with Crippen molar-refractivity contribution in [3.05, 3.63) is 47.8 Å². The van der Waals surface area contributed by atoms with Crippen molar-refractivity contribution in [1.82, 2.24) is 14.8 Å². The molecule has 1 atom stereocenters. The van der Waals surface area contributed by atoms with E-state index in [2.05, 4.69) is 4.98 Å². The molecule has 0 amide bonds. The minimum Gasteiger partial charge on any atom is -0.477 e. The minimum atomic E-state index is -2.97. The summed E-state index contributed by atoms with van der Waals surface area (Å²) in [6.45, 7) is -1.04. The summed E-state index contributed by atoms with van der Waals surface area (Å²) in [5, 5.41) is 24.8. The zero-order chi connectivity index (χ0) is 21.8. The SMILES string of the molecule is O=C(O)c1cc(N2CC(F)(F)C[C@@H]2CO)c2c(C3CCC3)nn(-c3ccccc3)c2n1. The summed E-state index contributed by atoms with van der Waals surface area (Å²) in [6.07, 6.45) is 2.43. The number of carbonyl (C=O) groups is 1. The number of aliphatic hydroxyl groups excluding tert-OH is 1. The van der Waals surface area contributed by atoms with Gasteiger partial charge in [-0.05, 0) is 31.0 Å².